The molecule has 0 spiro atoms. The molecule has 0 bridgehead atoms. The fourth-order valence-corrected chi connectivity index (χ4v) is 5.88. The second-order valence-electron chi connectivity index (χ2n) is 9.05. The Labute approximate surface area is 247 Å². The Morgan fingerprint density at radius 1 is 0.951 bits per heavy atom. The van der Waals surface area contributed by atoms with Crippen LogP contribution in [0.5, 0.6) is 11.5 Å². The molecule has 0 aliphatic rings. The van der Waals surface area contributed by atoms with Gasteiger partial charge in [0.05, 0.1) is 24.3 Å². The summed E-state index contributed by atoms with van der Waals surface area (Å²) in [4.78, 5) is 28.6. The van der Waals surface area contributed by atoms with Gasteiger partial charge in [-0.15, -0.1) is 0 Å². The van der Waals surface area contributed by atoms with Crippen molar-refractivity contribution in [3.05, 3.63) is 83.4 Å². The Morgan fingerprint density at radius 2 is 1.61 bits per heavy atom. The number of nitrogens with zero attached hydrogens (tertiary/aromatic N) is 2. The number of likely N-dealkylation sites (N-methyl/N-ethyl adjacent to an activating group) is 1. The van der Waals surface area contributed by atoms with Crippen molar-refractivity contribution in [3.63, 3.8) is 0 Å². The molecule has 3 aromatic rings. The molecule has 9 nitrogen and oxygen atoms in total. The first-order valence-corrected chi connectivity index (χ1v) is 15.2. The fraction of sp³-hybridized carbons (Fsp3) is 0.333. The van der Waals surface area contributed by atoms with Crippen molar-refractivity contribution in [2.45, 2.75) is 44.7 Å². The molecule has 1 atom stereocenters. The minimum absolute atomic E-state index is 0.0431. The molecule has 0 fully saturated rings. The lowest BCUT2D eigenvalue weighted by Gasteiger charge is -2.33. The second-order valence-corrected chi connectivity index (χ2v) is 11.4. The standard InChI is InChI=1S/C30H36ClN3O6S/c1-5-26(30(36)32-6-2)33(20-22-12-16-24(39-4)17-13-22)29(35)21-34(27-10-8-9-11-28(27)40-7-3)41(37,38)25-18-14-23(31)15-19-25/h8-19,26H,5-7,20-21H2,1-4H3,(H,32,36)/t26-/m1/s1. The van der Waals surface area contributed by atoms with E-state index in [1.165, 1.54) is 29.2 Å². The minimum Gasteiger partial charge on any atom is -0.497 e. The Kier molecular flexibility index (Phi) is 11.4. The minimum atomic E-state index is -4.25. The first-order valence-electron chi connectivity index (χ1n) is 13.4. The number of halogens is 1. The summed E-state index contributed by atoms with van der Waals surface area (Å²) in [5, 5.41) is 3.17. The van der Waals surface area contributed by atoms with Gasteiger partial charge in [-0.25, -0.2) is 8.42 Å². The smallest absolute Gasteiger partial charge is 0.264 e. The van der Waals surface area contributed by atoms with Gasteiger partial charge in [-0.3, -0.25) is 13.9 Å². The average molecular weight is 602 g/mol. The highest BCUT2D eigenvalue weighted by Gasteiger charge is 2.34. The zero-order valence-electron chi connectivity index (χ0n) is 23.7. The van der Waals surface area contributed by atoms with Gasteiger partial charge in [-0.2, -0.15) is 0 Å². The molecule has 41 heavy (non-hydrogen) atoms. The van der Waals surface area contributed by atoms with E-state index >= 15 is 0 Å². The fourth-order valence-electron chi connectivity index (χ4n) is 4.33. The summed E-state index contributed by atoms with van der Waals surface area (Å²) in [7, 11) is -2.70. The molecule has 0 unspecified atom stereocenters. The van der Waals surface area contributed by atoms with Gasteiger partial charge in [-0.1, -0.05) is 42.8 Å². The van der Waals surface area contributed by atoms with Crippen LogP contribution >= 0.6 is 11.6 Å². The van der Waals surface area contributed by atoms with Gasteiger partial charge in [0.25, 0.3) is 10.0 Å². The van der Waals surface area contributed by atoms with Crippen LogP contribution in [0.25, 0.3) is 0 Å². The molecule has 0 radical (unpaired) electrons. The van der Waals surface area contributed by atoms with Crippen LogP contribution in [0.15, 0.2) is 77.7 Å². The lowest BCUT2D eigenvalue weighted by Crippen LogP contribution is -2.52. The number of ether oxygens (including phenoxy) is 2. The van der Waals surface area contributed by atoms with Crippen molar-refractivity contribution >= 4 is 39.1 Å². The maximum atomic E-state index is 14.1. The quantitative estimate of drug-likeness (QED) is 0.282. The molecule has 0 saturated heterocycles. The van der Waals surface area contributed by atoms with E-state index in [0.717, 1.165) is 9.87 Å². The van der Waals surface area contributed by atoms with Crippen LogP contribution in [0.3, 0.4) is 0 Å². The van der Waals surface area contributed by atoms with Gasteiger partial charge in [0.1, 0.15) is 24.1 Å². The van der Waals surface area contributed by atoms with Crippen molar-refractivity contribution < 1.29 is 27.5 Å². The van der Waals surface area contributed by atoms with E-state index in [2.05, 4.69) is 5.32 Å². The number of methoxy groups -OCH3 is 1. The van der Waals surface area contributed by atoms with Gasteiger partial charge in [0.2, 0.25) is 11.8 Å². The van der Waals surface area contributed by atoms with Gasteiger partial charge in [-0.05, 0) is 74.4 Å². The molecule has 220 valence electrons. The van der Waals surface area contributed by atoms with E-state index < -0.39 is 28.5 Å². The third-order valence-corrected chi connectivity index (χ3v) is 8.39. The van der Waals surface area contributed by atoms with Gasteiger partial charge < -0.3 is 19.7 Å². The van der Waals surface area contributed by atoms with Crippen molar-refractivity contribution in [2.75, 3.05) is 31.1 Å². The number of hydrogen-bond acceptors (Lipinski definition) is 6. The molecule has 2 amide bonds. The molecule has 3 rings (SSSR count). The normalized spacial score (nSPS) is 11.8. The summed E-state index contributed by atoms with van der Waals surface area (Å²) in [6, 6.07) is 18.6. The van der Waals surface area contributed by atoms with Crippen LogP contribution in [0.2, 0.25) is 5.02 Å². The topological polar surface area (TPSA) is 105 Å². The first-order chi connectivity index (χ1) is 19.7. The Hall–Kier alpha value is -3.76. The van der Waals surface area contributed by atoms with Crippen LogP contribution in [0.1, 0.15) is 32.8 Å². The van der Waals surface area contributed by atoms with Crippen molar-refractivity contribution in [1.29, 1.82) is 0 Å². The van der Waals surface area contributed by atoms with E-state index in [4.69, 9.17) is 21.1 Å². The first kappa shape index (κ1) is 31.8. The van der Waals surface area contributed by atoms with Gasteiger partial charge in [0.15, 0.2) is 0 Å². The molecule has 11 heteroatoms. The molecular weight excluding hydrogens is 566 g/mol. The lowest BCUT2D eigenvalue weighted by molar-refractivity contribution is -0.140. The summed E-state index contributed by atoms with van der Waals surface area (Å²) in [6.07, 6.45) is 0.327. The van der Waals surface area contributed by atoms with E-state index in [-0.39, 0.29) is 23.0 Å². The highest BCUT2D eigenvalue weighted by Crippen LogP contribution is 2.33. The predicted octanol–water partition coefficient (Wildman–Crippen LogP) is 4.89. The predicted molar refractivity (Wildman–Crippen MR) is 160 cm³/mol. The molecule has 0 aliphatic carbocycles. The highest BCUT2D eigenvalue weighted by atomic mass is 35.5. The molecule has 3 aromatic carbocycles. The number of anilines is 1. The number of carbonyl (C=O) groups is 2. The van der Waals surface area contributed by atoms with E-state index in [1.54, 1.807) is 76.4 Å². The lowest BCUT2D eigenvalue weighted by atomic mass is 10.1. The number of nitrogens with one attached hydrogen (secondary N) is 1. The SMILES string of the molecule is CCNC(=O)[C@@H](CC)N(Cc1ccc(OC)cc1)C(=O)CN(c1ccccc1OCC)S(=O)(=O)c1ccc(Cl)cc1. The Bertz CT molecular complexity index is 1410. The van der Waals surface area contributed by atoms with Crippen LogP contribution in [0, 0.1) is 0 Å². The summed E-state index contributed by atoms with van der Waals surface area (Å²) in [5.74, 6) is 0.0782. The van der Waals surface area contributed by atoms with E-state index in [1.807, 2.05) is 0 Å². The summed E-state index contributed by atoms with van der Waals surface area (Å²) in [6.45, 7) is 5.58. The zero-order valence-corrected chi connectivity index (χ0v) is 25.2. The van der Waals surface area contributed by atoms with Crippen molar-refractivity contribution in [2.24, 2.45) is 0 Å². The number of hydrogen-bond donors (Lipinski definition) is 1. The van der Waals surface area contributed by atoms with Gasteiger partial charge >= 0.3 is 0 Å². The number of rotatable bonds is 14. The summed E-state index contributed by atoms with van der Waals surface area (Å²) in [5.41, 5.74) is 0.955. The summed E-state index contributed by atoms with van der Waals surface area (Å²) < 4.78 is 40.1. The van der Waals surface area contributed by atoms with Crippen LogP contribution in [-0.4, -0.2) is 58.0 Å². The van der Waals surface area contributed by atoms with E-state index in [0.29, 0.717) is 36.1 Å². The number of amides is 2. The molecule has 0 aromatic heterocycles. The Morgan fingerprint density at radius 3 is 2.20 bits per heavy atom. The maximum absolute atomic E-state index is 14.1. The largest absolute Gasteiger partial charge is 0.497 e. The highest BCUT2D eigenvalue weighted by molar-refractivity contribution is 7.92. The third-order valence-electron chi connectivity index (χ3n) is 6.36. The molecule has 1 N–H and O–H groups in total. The number of para-hydroxylation sites is 2. The Balaban J connectivity index is 2.10. The summed E-state index contributed by atoms with van der Waals surface area (Å²) >= 11 is 6.02. The average Bonchev–Trinajstić information content (AvgIpc) is 2.97. The maximum Gasteiger partial charge on any atom is 0.264 e. The van der Waals surface area contributed by atoms with Gasteiger partial charge in [0, 0.05) is 18.1 Å². The second kappa shape index (κ2) is 14.7. The number of benzene rings is 3. The van der Waals surface area contributed by atoms with Crippen LogP contribution in [-0.2, 0) is 26.2 Å². The van der Waals surface area contributed by atoms with Crippen molar-refractivity contribution in [3.8, 4) is 11.5 Å². The molecule has 0 saturated carbocycles. The van der Waals surface area contributed by atoms with Crippen LogP contribution < -0.4 is 19.1 Å². The monoisotopic (exact) mass is 601 g/mol. The van der Waals surface area contributed by atoms with Crippen LogP contribution in [0.4, 0.5) is 5.69 Å². The van der Waals surface area contributed by atoms with E-state index in [9.17, 15) is 18.0 Å². The van der Waals surface area contributed by atoms with Crippen molar-refractivity contribution in [1.82, 2.24) is 10.2 Å². The third kappa shape index (κ3) is 7.92. The zero-order chi connectivity index (χ0) is 30.0. The molecule has 0 aliphatic heterocycles. The molecule has 0 heterocycles. The number of sulfonamides is 1. The number of carbonyl (C=O) groups excluding carboxylic acids is 2. The molecular formula is C30H36ClN3O6S.